The summed E-state index contributed by atoms with van der Waals surface area (Å²) in [5, 5.41) is 13.3. The Morgan fingerprint density at radius 3 is 2.43 bits per heavy atom. The summed E-state index contributed by atoms with van der Waals surface area (Å²) in [5.74, 6) is -3.25. The molecule has 11 heteroatoms. The van der Waals surface area contributed by atoms with Gasteiger partial charge in [0.2, 0.25) is 17.7 Å². The smallest absolute Gasteiger partial charge is 0.410 e. The van der Waals surface area contributed by atoms with E-state index in [1.807, 2.05) is 0 Å². The number of amides is 4. The van der Waals surface area contributed by atoms with Gasteiger partial charge in [-0.2, -0.15) is 0 Å². The molecule has 0 unspecified atom stereocenters. The lowest BCUT2D eigenvalue weighted by Gasteiger charge is -2.29. The fourth-order valence-corrected chi connectivity index (χ4v) is 2.69. The summed E-state index contributed by atoms with van der Waals surface area (Å²) in [4.78, 5) is 60.1. The number of primary amides is 1. The van der Waals surface area contributed by atoms with Crippen LogP contribution in [0.25, 0.3) is 0 Å². The number of hydrogen-bond donors (Lipinski definition) is 4. The molecule has 1 aliphatic rings. The number of carboxylic acids is 1. The molecule has 0 aromatic rings. The van der Waals surface area contributed by atoms with Crippen LogP contribution < -0.4 is 16.4 Å². The molecule has 1 fully saturated rings. The number of nitrogens with zero attached hydrogens (tertiary/aromatic N) is 1. The minimum atomic E-state index is -1.25. The van der Waals surface area contributed by atoms with Crippen LogP contribution in [0.15, 0.2) is 0 Å². The van der Waals surface area contributed by atoms with Crippen LogP contribution in [0.1, 0.15) is 46.5 Å². The Kier molecular flexibility index (Phi) is 8.20. The Bertz CT molecular complexity index is 629. The lowest BCUT2D eigenvalue weighted by molar-refractivity contribution is -0.138. The highest BCUT2D eigenvalue weighted by Crippen LogP contribution is 2.21. The van der Waals surface area contributed by atoms with Gasteiger partial charge in [0.15, 0.2) is 0 Å². The van der Waals surface area contributed by atoms with E-state index in [9.17, 15) is 24.0 Å². The van der Waals surface area contributed by atoms with E-state index in [4.69, 9.17) is 15.6 Å². The van der Waals surface area contributed by atoms with Gasteiger partial charge >= 0.3 is 12.1 Å². The summed E-state index contributed by atoms with van der Waals surface area (Å²) < 4.78 is 5.30. The minimum Gasteiger partial charge on any atom is -0.480 e. The van der Waals surface area contributed by atoms with Crippen LogP contribution in [0.2, 0.25) is 0 Å². The van der Waals surface area contributed by atoms with E-state index in [0.717, 1.165) is 0 Å². The van der Waals surface area contributed by atoms with Gasteiger partial charge in [0, 0.05) is 13.0 Å². The zero-order chi connectivity index (χ0) is 21.5. The number of hydrogen-bond acceptors (Lipinski definition) is 6. The number of rotatable bonds is 8. The van der Waals surface area contributed by atoms with Crippen molar-refractivity contribution in [1.82, 2.24) is 15.5 Å². The molecule has 4 amide bonds. The number of nitrogens with one attached hydrogen (secondary N) is 2. The molecule has 1 saturated heterocycles. The molecule has 0 spiro atoms. The average Bonchev–Trinajstić information content (AvgIpc) is 3.04. The fourth-order valence-electron chi connectivity index (χ4n) is 2.69. The number of carbonyl (C=O) groups excluding carboxylic acids is 4. The Hall–Kier alpha value is -2.85. The monoisotopic (exact) mass is 400 g/mol. The lowest BCUT2D eigenvalue weighted by atomic mass is 10.1. The maximum atomic E-state index is 12.7. The topological polar surface area (TPSA) is 168 Å². The minimum absolute atomic E-state index is 0.0916. The summed E-state index contributed by atoms with van der Waals surface area (Å²) in [6.07, 6.45) is 0.0883. The van der Waals surface area contributed by atoms with Gasteiger partial charge in [0.1, 0.15) is 24.2 Å². The Labute approximate surface area is 162 Å². The molecule has 2 atom stereocenters. The van der Waals surface area contributed by atoms with Crippen molar-refractivity contribution in [3.63, 3.8) is 0 Å². The van der Waals surface area contributed by atoms with E-state index in [0.29, 0.717) is 19.4 Å². The summed E-state index contributed by atoms with van der Waals surface area (Å²) in [6, 6.07) is -1.97. The SMILES string of the molecule is CC(C)(C)OC(=O)N1CCC[C@H]1C(=O)N[C@@H](CCC(N)=O)C(=O)NCC(=O)O. The largest absolute Gasteiger partial charge is 0.480 e. The van der Waals surface area contributed by atoms with Gasteiger partial charge in [0.05, 0.1) is 0 Å². The number of carboxylic acid groups (broad SMARTS) is 1. The number of aliphatic carboxylic acids is 1. The standard InChI is InChI=1S/C17H28N4O7/c1-17(2,3)28-16(27)21-8-4-5-11(21)15(26)20-10(6-7-12(18)22)14(25)19-9-13(23)24/h10-11H,4-9H2,1-3H3,(H2,18,22)(H,19,25)(H,20,26)(H,23,24)/t10-,11-/m0/s1. The van der Waals surface area contributed by atoms with Gasteiger partial charge in [0.25, 0.3) is 0 Å². The molecule has 0 saturated carbocycles. The molecular formula is C17H28N4O7. The van der Waals surface area contributed by atoms with Crippen LogP contribution in [0.5, 0.6) is 0 Å². The second-order valence-corrected chi connectivity index (χ2v) is 7.51. The van der Waals surface area contributed by atoms with Crippen molar-refractivity contribution in [3.05, 3.63) is 0 Å². The first-order chi connectivity index (χ1) is 12.9. The average molecular weight is 400 g/mol. The highest BCUT2D eigenvalue weighted by atomic mass is 16.6. The molecule has 28 heavy (non-hydrogen) atoms. The van der Waals surface area contributed by atoms with Gasteiger partial charge in [-0.15, -0.1) is 0 Å². The van der Waals surface area contributed by atoms with Crippen LogP contribution >= 0.6 is 0 Å². The zero-order valence-corrected chi connectivity index (χ0v) is 16.3. The predicted octanol–water partition coefficient (Wildman–Crippen LogP) is -0.663. The van der Waals surface area contributed by atoms with E-state index in [1.54, 1.807) is 20.8 Å². The highest BCUT2D eigenvalue weighted by Gasteiger charge is 2.38. The molecular weight excluding hydrogens is 372 g/mol. The molecule has 1 aliphatic heterocycles. The van der Waals surface area contributed by atoms with E-state index in [1.165, 1.54) is 4.90 Å². The van der Waals surface area contributed by atoms with Crippen molar-refractivity contribution >= 4 is 29.8 Å². The second-order valence-electron chi connectivity index (χ2n) is 7.51. The van der Waals surface area contributed by atoms with Gasteiger partial charge in [-0.05, 0) is 40.0 Å². The maximum Gasteiger partial charge on any atom is 0.410 e. The van der Waals surface area contributed by atoms with E-state index < -0.39 is 54.0 Å². The third kappa shape index (κ3) is 7.80. The van der Waals surface area contributed by atoms with Gasteiger partial charge in [-0.1, -0.05) is 0 Å². The van der Waals surface area contributed by atoms with Crippen molar-refractivity contribution in [1.29, 1.82) is 0 Å². The molecule has 11 nitrogen and oxygen atoms in total. The number of nitrogens with two attached hydrogens (primary N) is 1. The normalized spacial score (nSPS) is 17.5. The fraction of sp³-hybridized carbons (Fsp3) is 0.706. The van der Waals surface area contributed by atoms with E-state index in [2.05, 4.69) is 10.6 Å². The van der Waals surface area contributed by atoms with Crippen molar-refractivity contribution in [2.75, 3.05) is 13.1 Å². The van der Waals surface area contributed by atoms with Crippen molar-refractivity contribution in [2.24, 2.45) is 5.73 Å². The first-order valence-electron chi connectivity index (χ1n) is 8.98. The maximum absolute atomic E-state index is 12.7. The predicted molar refractivity (Wildman–Crippen MR) is 97.0 cm³/mol. The second kappa shape index (κ2) is 9.90. The number of ether oxygens (including phenoxy) is 1. The van der Waals surface area contributed by atoms with Crippen LogP contribution in [-0.2, 0) is 23.9 Å². The van der Waals surface area contributed by atoms with Crippen molar-refractivity contribution < 1.29 is 33.8 Å². The third-order valence-electron chi connectivity index (χ3n) is 3.91. The van der Waals surface area contributed by atoms with Crippen molar-refractivity contribution in [2.45, 2.75) is 64.1 Å². The summed E-state index contributed by atoms with van der Waals surface area (Å²) in [7, 11) is 0. The van der Waals surface area contributed by atoms with E-state index >= 15 is 0 Å². The Morgan fingerprint density at radius 2 is 1.89 bits per heavy atom. The quantitative estimate of drug-likeness (QED) is 0.419. The Balaban J connectivity index is 2.81. The first-order valence-corrected chi connectivity index (χ1v) is 8.98. The van der Waals surface area contributed by atoms with Gasteiger partial charge in [-0.25, -0.2) is 4.79 Å². The van der Waals surface area contributed by atoms with Crippen LogP contribution in [-0.4, -0.2) is 70.6 Å². The molecule has 0 aliphatic carbocycles. The van der Waals surface area contributed by atoms with Crippen LogP contribution in [0.3, 0.4) is 0 Å². The summed E-state index contributed by atoms with van der Waals surface area (Å²) in [6.45, 7) is 4.84. The molecule has 0 radical (unpaired) electrons. The first kappa shape index (κ1) is 23.2. The number of carbonyl (C=O) groups is 5. The van der Waals surface area contributed by atoms with Crippen LogP contribution in [0.4, 0.5) is 4.79 Å². The molecule has 0 aromatic carbocycles. The van der Waals surface area contributed by atoms with E-state index in [-0.39, 0.29) is 12.8 Å². The molecule has 5 N–H and O–H groups in total. The molecule has 0 bridgehead atoms. The third-order valence-corrected chi connectivity index (χ3v) is 3.91. The lowest BCUT2D eigenvalue weighted by Crippen LogP contribution is -2.54. The molecule has 0 aromatic heterocycles. The zero-order valence-electron chi connectivity index (χ0n) is 16.3. The highest BCUT2D eigenvalue weighted by molar-refractivity contribution is 5.92. The molecule has 1 heterocycles. The van der Waals surface area contributed by atoms with Crippen LogP contribution in [0, 0.1) is 0 Å². The Morgan fingerprint density at radius 1 is 1.25 bits per heavy atom. The van der Waals surface area contributed by atoms with Crippen molar-refractivity contribution in [3.8, 4) is 0 Å². The number of likely N-dealkylation sites (tertiary alicyclic amines) is 1. The van der Waals surface area contributed by atoms with Gasteiger partial charge < -0.3 is 26.2 Å². The summed E-state index contributed by atoms with van der Waals surface area (Å²) in [5.41, 5.74) is 4.37. The van der Waals surface area contributed by atoms with Gasteiger partial charge in [-0.3, -0.25) is 24.1 Å². The molecule has 1 rings (SSSR count). The summed E-state index contributed by atoms with van der Waals surface area (Å²) >= 11 is 0. The molecule has 158 valence electrons.